The first kappa shape index (κ1) is 16.5. The van der Waals surface area contributed by atoms with Crippen LogP contribution in [0.2, 0.25) is 5.28 Å². The zero-order valence-electron chi connectivity index (χ0n) is 13.5. The lowest BCUT2D eigenvalue weighted by Crippen LogP contribution is -2.02. The maximum atomic E-state index is 12.8. The highest BCUT2D eigenvalue weighted by atomic mass is 35.5. The summed E-state index contributed by atoms with van der Waals surface area (Å²) in [5, 5.41) is 9.28. The molecule has 0 radical (unpaired) electrons. The van der Waals surface area contributed by atoms with Gasteiger partial charge in [-0.1, -0.05) is 24.3 Å². The maximum absolute atomic E-state index is 12.8. The summed E-state index contributed by atoms with van der Waals surface area (Å²) >= 11 is 5.84. The van der Waals surface area contributed by atoms with Crippen LogP contribution in [-0.2, 0) is 13.6 Å². The number of hydrogen-bond donors (Lipinski definition) is 0. The number of nitrogens with zero attached hydrogens (tertiary/aromatic N) is 7. The van der Waals surface area contributed by atoms with Crippen LogP contribution in [0.1, 0.15) is 17.8 Å². The fraction of sp³-hybridized carbons (Fsp3) is 0.188. The van der Waals surface area contributed by atoms with Gasteiger partial charge < -0.3 is 0 Å². The molecule has 0 unspecified atom stereocenters. The van der Waals surface area contributed by atoms with E-state index in [2.05, 4.69) is 25.1 Å². The molecule has 0 N–H and O–H groups in total. The van der Waals surface area contributed by atoms with Crippen molar-refractivity contribution in [2.24, 2.45) is 7.05 Å². The van der Waals surface area contributed by atoms with Gasteiger partial charge in [0.1, 0.15) is 0 Å². The molecule has 0 saturated carbocycles. The van der Waals surface area contributed by atoms with E-state index in [4.69, 9.17) is 11.6 Å². The lowest BCUT2D eigenvalue weighted by Gasteiger charge is -2.04. The number of fused-ring (bicyclic) bond motifs is 1. The molecule has 4 aromatic rings. The summed E-state index contributed by atoms with van der Waals surface area (Å²) in [6, 6.07) is 7.30. The Hall–Kier alpha value is -2.94. The summed E-state index contributed by atoms with van der Waals surface area (Å²) in [6.45, 7) is 0.481. The van der Waals surface area contributed by atoms with Crippen LogP contribution in [0.25, 0.3) is 22.4 Å². The number of aryl methyl sites for hydroxylation is 1. The van der Waals surface area contributed by atoms with E-state index in [9.17, 15) is 8.78 Å². The largest absolute Gasteiger partial charge is 0.297 e. The van der Waals surface area contributed by atoms with Gasteiger partial charge in [0.2, 0.25) is 5.28 Å². The lowest BCUT2D eigenvalue weighted by atomic mass is 10.1. The topological polar surface area (TPSA) is 74.3 Å². The number of hydrogen-bond acceptors (Lipinski definition) is 5. The number of alkyl halides is 2. The molecule has 0 aliphatic carbocycles. The van der Waals surface area contributed by atoms with E-state index in [0.29, 0.717) is 17.8 Å². The summed E-state index contributed by atoms with van der Waals surface area (Å²) in [5.41, 5.74) is 2.26. The average Bonchev–Trinajstić information content (AvgIpc) is 3.19. The Kier molecular flexibility index (Phi) is 4.08. The van der Waals surface area contributed by atoms with Crippen LogP contribution in [0.5, 0.6) is 0 Å². The third kappa shape index (κ3) is 3.01. The van der Waals surface area contributed by atoms with Crippen LogP contribution < -0.4 is 0 Å². The molecule has 3 aromatic heterocycles. The van der Waals surface area contributed by atoms with Crippen molar-refractivity contribution in [3.8, 4) is 11.4 Å². The number of halogens is 3. The van der Waals surface area contributed by atoms with Gasteiger partial charge in [-0.3, -0.25) is 0 Å². The van der Waals surface area contributed by atoms with Gasteiger partial charge in [0, 0.05) is 18.8 Å². The molecule has 132 valence electrons. The summed E-state index contributed by atoms with van der Waals surface area (Å²) < 4.78 is 28.5. The second-order valence-corrected chi connectivity index (χ2v) is 5.97. The highest BCUT2D eigenvalue weighted by Gasteiger charge is 2.17. The monoisotopic (exact) mass is 375 g/mol. The third-order valence-electron chi connectivity index (χ3n) is 3.88. The Labute approximate surface area is 151 Å². The van der Waals surface area contributed by atoms with E-state index in [-0.39, 0.29) is 16.9 Å². The molecule has 0 bridgehead atoms. The number of rotatable bonds is 4. The van der Waals surface area contributed by atoms with Crippen molar-refractivity contribution < 1.29 is 8.78 Å². The standard InChI is InChI=1S/C16H12ClF2N7/c1-25-15(12(18)19)22-13(24-25)10-4-2-9(3-5-10)8-26-14-11(7-21-26)6-20-16(17)23-14/h2-7,12H,8H2,1H3. The number of aromatic nitrogens is 7. The zero-order chi connectivity index (χ0) is 18.3. The fourth-order valence-electron chi connectivity index (χ4n) is 2.60. The molecule has 1 aromatic carbocycles. The van der Waals surface area contributed by atoms with E-state index in [1.54, 1.807) is 29.2 Å². The van der Waals surface area contributed by atoms with Gasteiger partial charge in [0.25, 0.3) is 6.43 Å². The molecule has 26 heavy (non-hydrogen) atoms. The van der Waals surface area contributed by atoms with Crippen molar-refractivity contribution in [2.45, 2.75) is 13.0 Å². The molecule has 0 spiro atoms. The molecule has 0 aliphatic heterocycles. The van der Waals surface area contributed by atoms with Gasteiger partial charge in [-0.05, 0) is 17.2 Å². The van der Waals surface area contributed by atoms with Gasteiger partial charge in [0.05, 0.1) is 18.1 Å². The van der Waals surface area contributed by atoms with Gasteiger partial charge in [-0.2, -0.15) is 15.2 Å². The van der Waals surface area contributed by atoms with E-state index in [1.807, 2.05) is 12.1 Å². The molecule has 0 atom stereocenters. The molecule has 0 saturated heterocycles. The number of benzene rings is 1. The smallest absolute Gasteiger partial charge is 0.247 e. The molecular formula is C16H12ClF2N7. The Morgan fingerprint density at radius 1 is 1.12 bits per heavy atom. The first-order valence-electron chi connectivity index (χ1n) is 7.64. The van der Waals surface area contributed by atoms with Gasteiger partial charge >= 0.3 is 0 Å². The predicted octanol–water partition coefficient (Wildman–Crippen LogP) is 3.26. The van der Waals surface area contributed by atoms with E-state index in [1.165, 1.54) is 7.05 Å². The summed E-state index contributed by atoms with van der Waals surface area (Å²) in [6.07, 6.45) is 0.622. The summed E-state index contributed by atoms with van der Waals surface area (Å²) in [5.74, 6) is -0.0953. The third-order valence-corrected chi connectivity index (χ3v) is 4.07. The van der Waals surface area contributed by atoms with Gasteiger partial charge in [0.15, 0.2) is 17.3 Å². The normalized spacial score (nSPS) is 11.6. The Bertz CT molecular complexity index is 1070. The maximum Gasteiger partial charge on any atom is 0.297 e. The molecule has 7 nitrogen and oxygen atoms in total. The molecule has 0 amide bonds. The Balaban J connectivity index is 1.59. The fourth-order valence-corrected chi connectivity index (χ4v) is 2.73. The van der Waals surface area contributed by atoms with Gasteiger partial charge in [-0.15, -0.1) is 0 Å². The summed E-state index contributed by atoms with van der Waals surface area (Å²) in [4.78, 5) is 12.0. The van der Waals surface area contributed by atoms with Gasteiger partial charge in [-0.25, -0.2) is 28.1 Å². The lowest BCUT2D eigenvalue weighted by molar-refractivity contribution is 0.135. The van der Waals surface area contributed by atoms with Crippen molar-refractivity contribution in [2.75, 3.05) is 0 Å². The van der Waals surface area contributed by atoms with E-state index < -0.39 is 6.43 Å². The highest BCUT2D eigenvalue weighted by molar-refractivity contribution is 6.28. The Morgan fingerprint density at radius 2 is 1.88 bits per heavy atom. The van der Waals surface area contributed by atoms with Crippen molar-refractivity contribution in [3.63, 3.8) is 0 Å². The zero-order valence-corrected chi connectivity index (χ0v) is 14.3. The molecule has 3 heterocycles. The van der Waals surface area contributed by atoms with Crippen LogP contribution in [-0.4, -0.2) is 34.5 Å². The van der Waals surface area contributed by atoms with Crippen LogP contribution >= 0.6 is 11.6 Å². The highest BCUT2D eigenvalue weighted by Crippen LogP contribution is 2.22. The quantitative estimate of drug-likeness (QED) is 0.512. The minimum atomic E-state index is -2.66. The van der Waals surface area contributed by atoms with E-state index in [0.717, 1.165) is 15.6 Å². The minimum absolute atomic E-state index is 0.158. The van der Waals surface area contributed by atoms with E-state index >= 15 is 0 Å². The molecule has 0 aliphatic rings. The van der Waals surface area contributed by atoms with Crippen LogP contribution in [0.4, 0.5) is 8.78 Å². The van der Waals surface area contributed by atoms with Crippen molar-refractivity contribution in [1.82, 2.24) is 34.5 Å². The minimum Gasteiger partial charge on any atom is -0.247 e. The second kappa shape index (κ2) is 6.41. The van der Waals surface area contributed by atoms with Crippen molar-refractivity contribution in [1.29, 1.82) is 0 Å². The SMILES string of the molecule is Cn1nc(-c2ccc(Cn3ncc4cnc(Cl)nc43)cc2)nc1C(F)F. The van der Waals surface area contributed by atoms with Crippen LogP contribution in [0.3, 0.4) is 0 Å². The molecule has 0 fully saturated rings. The molecule has 4 rings (SSSR count). The molecular weight excluding hydrogens is 364 g/mol. The van der Waals surface area contributed by atoms with Crippen molar-refractivity contribution in [3.05, 3.63) is 53.3 Å². The van der Waals surface area contributed by atoms with Crippen molar-refractivity contribution >= 4 is 22.6 Å². The van der Waals surface area contributed by atoms with Crippen LogP contribution in [0, 0.1) is 0 Å². The Morgan fingerprint density at radius 3 is 2.58 bits per heavy atom. The predicted molar refractivity (Wildman–Crippen MR) is 90.8 cm³/mol. The average molecular weight is 376 g/mol. The first-order valence-corrected chi connectivity index (χ1v) is 8.01. The van der Waals surface area contributed by atoms with Crippen LogP contribution in [0.15, 0.2) is 36.7 Å². The second-order valence-electron chi connectivity index (χ2n) is 5.64. The summed E-state index contributed by atoms with van der Waals surface area (Å²) in [7, 11) is 1.45. The first-order chi connectivity index (χ1) is 12.5. The molecule has 10 heteroatoms.